The lowest BCUT2D eigenvalue weighted by atomic mass is 10.0. The molecule has 1 N–H and O–H groups in total. The van der Waals surface area contributed by atoms with Gasteiger partial charge in [0, 0.05) is 49.9 Å². The number of sulfonamides is 1. The van der Waals surface area contributed by atoms with Gasteiger partial charge in [-0.3, -0.25) is 9.78 Å². The number of hydrogen-bond acceptors (Lipinski definition) is 5. The quantitative estimate of drug-likeness (QED) is 0.573. The average Bonchev–Trinajstić information content (AvgIpc) is 3.47. The van der Waals surface area contributed by atoms with Gasteiger partial charge >= 0.3 is 0 Å². The number of nitrogens with zero attached hydrogens (tertiary/aromatic N) is 4. The minimum atomic E-state index is -3.58. The predicted octanol–water partition coefficient (Wildman–Crippen LogP) is 2.87. The average molecular weight is 448 g/mol. The second-order valence-electron chi connectivity index (χ2n) is 7.66. The van der Waals surface area contributed by atoms with Gasteiger partial charge < -0.3 is 4.74 Å². The van der Waals surface area contributed by atoms with Crippen molar-refractivity contribution in [2.24, 2.45) is 0 Å². The first-order chi connectivity index (χ1) is 14.9. The number of H-pyrrole nitrogens is 1. The zero-order valence-corrected chi connectivity index (χ0v) is 18.4. The maximum absolute atomic E-state index is 13.2. The number of rotatable bonds is 8. The number of ether oxygens (including phenoxy) is 1. The molecule has 1 aromatic carbocycles. The lowest BCUT2D eigenvalue weighted by molar-refractivity contribution is 0.319. The molecule has 0 unspecified atom stereocenters. The van der Waals surface area contributed by atoms with Crippen molar-refractivity contribution >= 4 is 10.0 Å². The first kappa shape index (κ1) is 21.5. The molecule has 0 saturated carbocycles. The molecule has 2 aromatic heterocycles. The number of aryl methyl sites for hydroxylation is 2. The summed E-state index contributed by atoms with van der Waals surface area (Å²) in [6.45, 7) is 5.50. The summed E-state index contributed by atoms with van der Waals surface area (Å²) < 4.78 is 48.1. The molecule has 0 amide bonds. The summed E-state index contributed by atoms with van der Waals surface area (Å²) in [5, 5.41) is 11.6. The van der Waals surface area contributed by atoms with Gasteiger partial charge in [0.1, 0.15) is 16.5 Å². The number of nitrogens with one attached hydrogen (secondary N) is 1. The zero-order chi connectivity index (χ0) is 22.0. The highest BCUT2D eigenvalue weighted by atomic mass is 32.2. The highest BCUT2D eigenvalue weighted by Gasteiger charge is 2.36. The number of aromatic amines is 1. The van der Waals surface area contributed by atoms with Gasteiger partial charge in [-0.1, -0.05) is 6.07 Å². The fraction of sp³-hybridized carbons (Fsp3) is 0.429. The van der Waals surface area contributed by atoms with Gasteiger partial charge in [-0.25, -0.2) is 12.8 Å². The van der Waals surface area contributed by atoms with Gasteiger partial charge in [0.2, 0.25) is 10.0 Å². The molecule has 1 fully saturated rings. The molecule has 0 radical (unpaired) electrons. The van der Waals surface area contributed by atoms with Crippen LogP contribution in [0.4, 0.5) is 4.39 Å². The van der Waals surface area contributed by atoms with E-state index in [1.54, 1.807) is 29.9 Å². The van der Waals surface area contributed by atoms with Crippen molar-refractivity contribution in [1.82, 2.24) is 24.3 Å². The molecule has 8 nitrogen and oxygen atoms in total. The molecule has 1 aliphatic rings. The van der Waals surface area contributed by atoms with Crippen molar-refractivity contribution in [3.63, 3.8) is 0 Å². The van der Waals surface area contributed by atoms with Gasteiger partial charge in [-0.2, -0.15) is 14.5 Å². The molecule has 1 atom stereocenters. The molecule has 4 rings (SSSR count). The van der Waals surface area contributed by atoms with Crippen LogP contribution in [0.1, 0.15) is 36.3 Å². The Balaban J connectivity index is 1.36. The predicted molar refractivity (Wildman–Crippen MR) is 113 cm³/mol. The van der Waals surface area contributed by atoms with E-state index in [2.05, 4.69) is 15.3 Å². The van der Waals surface area contributed by atoms with Crippen LogP contribution in [0, 0.1) is 12.7 Å². The SMILES string of the molecule is CCn1cc(S(=O)(=O)N2CC[C@H](c3cc(CCOc4cccc(F)c4)[nH]n3)C2)c(C)n1. The molecule has 3 aromatic rings. The molecular weight excluding hydrogens is 421 g/mol. The van der Waals surface area contributed by atoms with Crippen LogP contribution in [0.3, 0.4) is 0 Å². The van der Waals surface area contributed by atoms with Crippen LogP contribution in [0.25, 0.3) is 0 Å². The standard InChI is InChI=1S/C21H26FN5O3S/c1-3-26-14-21(15(2)25-26)31(28,29)27-9-7-16(13-27)20-12-18(23-24-20)8-10-30-19-6-4-5-17(22)11-19/h4-6,11-12,14,16H,3,7-10,13H2,1-2H3,(H,23,24)/t16-/m0/s1. The topological polar surface area (TPSA) is 93.1 Å². The van der Waals surface area contributed by atoms with Crippen LogP contribution in [0.2, 0.25) is 0 Å². The molecule has 0 aliphatic carbocycles. The van der Waals surface area contributed by atoms with E-state index >= 15 is 0 Å². The molecule has 0 spiro atoms. The van der Waals surface area contributed by atoms with Crippen LogP contribution >= 0.6 is 0 Å². The third-order valence-corrected chi connectivity index (χ3v) is 7.47. The molecule has 10 heteroatoms. The first-order valence-electron chi connectivity index (χ1n) is 10.3. The Morgan fingerprint density at radius 1 is 1.32 bits per heavy atom. The molecule has 1 saturated heterocycles. The fourth-order valence-electron chi connectivity index (χ4n) is 3.79. The van der Waals surface area contributed by atoms with Crippen molar-refractivity contribution in [2.75, 3.05) is 19.7 Å². The Morgan fingerprint density at radius 2 is 2.16 bits per heavy atom. The Labute approximate surface area is 181 Å². The maximum atomic E-state index is 13.2. The third kappa shape index (κ3) is 4.64. The number of hydrogen-bond donors (Lipinski definition) is 1. The van der Waals surface area contributed by atoms with Crippen LogP contribution < -0.4 is 4.74 Å². The zero-order valence-electron chi connectivity index (χ0n) is 17.6. The van der Waals surface area contributed by atoms with E-state index in [9.17, 15) is 12.8 Å². The number of aromatic nitrogens is 4. The van der Waals surface area contributed by atoms with Crippen LogP contribution in [-0.4, -0.2) is 52.4 Å². The van der Waals surface area contributed by atoms with E-state index in [1.165, 1.54) is 16.4 Å². The molecule has 31 heavy (non-hydrogen) atoms. The van der Waals surface area contributed by atoms with Crippen molar-refractivity contribution < 1.29 is 17.5 Å². The van der Waals surface area contributed by atoms with E-state index in [0.29, 0.717) is 50.5 Å². The van der Waals surface area contributed by atoms with Gasteiger partial charge in [0.05, 0.1) is 18.0 Å². The molecule has 1 aliphatic heterocycles. The van der Waals surface area contributed by atoms with Crippen molar-refractivity contribution in [3.05, 3.63) is 59.4 Å². The van der Waals surface area contributed by atoms with Crippen molar-refractivity contribution in [3.8, 4) is 5.75 Å². The largest absolute Gasteiger partial charge is 0.493 e. The lowest BCUT2D eigenvalue weighted by Crippen LogP contribution is -2.29. The highest BCUT2D eigenvalue weighted by molar-refractivity contribution is 7.89. The highest BCUT2D eigenvalue weighted by Crippen LogP contribution is 2.31. The minimum absolute atomic E-state index is 0.0328. The monoisotopic (exact) mass is 447 g/mol. The summed E-state index contributed by atoms with van der Waals surface area (Å²) in [7, 11) is -3.58. The molecule has 0 bridgehead atoms. The first-order valence-corrected chi connectivity index (χ1v) is 11.8. The Bertz CT molecular complexity index is 1160. The maximum Gasteiger partial charge on any atom is 0.246 e. The summed E-state index contributed by atoms with van der Waals surface area (Å²) in [6.07, 6.45) is 2.90. The van der Waals surface area contributed by atoms with E-state index in [4.69, 9.17) is 4.74 Å². The van der Waals surface area contributed by atoms with Crippen LogP contribution in [0.15, 0.2) is 41.4 Å². The third-order valence-electron chi connectivity index (χ3n) is 5.50. The summed E-state index contributed by atoms with van der Waals surface area (Å²) in [5.41, 5.74) is 2.26. The lowest BCUT2D eigenvalue weighted by Gasteiger charge is -2.15. The second-order valence-corrected chi connectivity index (χ2v) is 9.56. The van der Waals surface area contributed by atoms with Gasteiger partial charge in [-0.05, 0) is 38.5 Å². The number of benzene rings is 1. The second kappa shape index (κ2) is 8.80. The summed E-state index contributed by atoms with van der Waals surface area (Å²) in [4.78, 5) is 0.271. The molecule has 166 valence electrons. The van der Waals surface area contributed by atoms with E-state index in [-0.39, 0.29) is 16.6 Å². The van der Waals surface area contributed by atoms with Gasteiger partial charge in [0.25, 0.3) is 0 Å². The van der Waals surface area contributed by atoms with E-state index < -0.39 is 10.0 Å². The normalized spacial score (nSPS) is 17.3. The Morgan fingerprint density at radius 3 is 2.90 bits per heavy atom. The number of halogens is 1. The summed E-state index contributed by atoms with van der Waals surface area (Å²) in [6, 6.07) is 7.98. The van der Waals surface area contributed by atoms with Crippen molar-refractivity contribution in [1.29, 1.82) is 0 Å². The summed E-state index contributed by atoms with van der Waals surface area (Å²) >= 11 is 0. The van der Waals surface area contributed by atoms with Gasteiger partial charge in [0.15, 0.2) is 0 Å². The Hall–Kier alpha value is -2.72. The van der Waals surface area contributed by atoms with Gasteiger partial charge in [-0.15, -0.1) is 0 Å². The Kier molecular flexibility index (Phi) is 6.10. The summed E-state index contributed by atoms with van der Waals surface area (Å²) in [5.74, 6) is 0.183. The van der Waals surface area contributed by atoms with Crippen LogP contribution in [-0.2, 0) is 23.0 Å². The van der Waals surface area contributed by atoms with E-state index in [0.717, 1.165) is 11.4 Å². The minimum Gasteiger partial charge on any atom is -0.493 e. The fourth-order valence-corrected chi connectivity index (χ4v) is 5.46. The smallest absolute Gasteiger partial charge is 0.246 e. The van der Waals surface area contributed by atoms with Crippen LogP contribution in [0.5, 0.6) is 5.75 Å². The molecule has 3 heterocycles. The molecular formula is C21H26FN5O3S. The van der Waals surface area contributed by atoms with E-state index in [1.807, 2.05) is 13.0 Å². The van der Waals surface area contributed by atoms with Crippen molar-refractivity contribution in [2.45, 2.75) is 44.0 Å².